The normalized spacial score (nSPS) is 29.3. The van der Waals surface area contributed by atoms with Gasteiger partial charge in [-0.1, -0.05) is 88.7 Å². The van der Waals surface area contributed by atoms with E-state index in [1.807, 2.05) is 30.3 Å². The summed E-state index contributed by atoms with van der Waals surface area (Å²) in [6, 6.07) is 9.92. The van der Waals surface area contributed by atoms with E-state index < -0.39 is 13.1 Å². The largest absolute Gasteiger partial charge is 0.469 e. The Morgan fingerprint density at radius 3 is 2.33 bits per heavy atom. The molecule has 1 fully saturated rings. The SMILES string of the molecule is CCCCCC[C@]12C=C(c3ccccc3)C(=O)[C@@]1([Si](C)(C)C)[C@@H]2C(=O)OC. The van der Waals surface area contributed by atoms with Crippen LogP contribution in [0.15, 0.2) is 36.4 Å². The molecule has 3 rings (SSSR count). The molecule has 0 radical (unpaired) electrons. The summed E-state index contributed by atoms with van der Waals surface area (Å²) in [6.45, 7) is 8.90. The van der Waals surface area contributed by atoms with E-state index >= 15 is 0 Å². The number of unbranched alkanes of at least 4 members (excludes halogenated alkanes) is 3. The highest BCUT2D eigenvalue weighted by molar-refractivity contribution is 6.86. The summed E-state index contributed by atoms with van der Waals surface area (Å²) >= 11 is 0. The zero-order valence-electron chi connectivity index (χ0n) is 17.3. The molecular formula is C23H32O3Si. The predicted octanol–water partition coefficient (Wildman–Crippen LogP) is 5.49. The number of ketones is 1. The maximum Gasteiger partial charge on any atom is 0.310 e. The van der Waals surface area contributed by atoms with E-state index in [1.54, 1.807) is 0 Å². The number of benzene rings is 1. The van der Waals surface area contributed by atoms with E-state index in [0.29, 0.717) is 0 Å². The van der Waals surface area contributed by atoms with Crippen molar-refractivity contribution in [2.75, 3.05) is 7.11 Å². The topological polar surface area (TPSA) is 43.4 Å². The van der Waals surface area contributed by atoms with Gasteiger partial charge in [0.05, 0.1) is 26.1 Å². The first kappa shape index (κ1) is 20.1. The van der Waals surface area contributed by atoms with Gasteiger partial charge in [-0.2, -0.15) is 0 Å². The number of Topliss-reactive ketones (excluding diaryl/α,β-unsaturated/α-hetero) is 1. The molecule has 0 spiro atoms. The van der Waals surface area contributed by atoms with Crippen LogP contribution >= 0.6 is 0 Å². The average Bonchev–Trinajstić information content (AvgIpc) is 3.17. The molecule has 1 saturated carbocycles. The summed E-state index contributed by atoms with van der Waals surface area (Å²) in [6.07, 6.45) is 7.64. The van der Waals surface area contributed by atoms with Gasteiger partial charge in [-0.3, -0.25) is 9.59 Å². The van der Waals surface area contributed by atoms with Crippen molar-refractivity contribution in [3.05, 3.63) is 42.0 Å². The number of carbonyl (C=O) groups excluding carboxylic acids is 2. The number of rotatable bonds is 8. The lowest BCUT2D eigenvalue weighted by molar-refractivity contribution is -0.143. The molecule has 0 bridgehead atoms. The van der Waals surface area contributed by atoms with Gasteiger partial charge in [-0.05, 0) is 12.0 Å². The number of hydrogen-bond acceptors (Lipinski definition) is 3. The minimum Gasteiger partial charge on any atom is -0.469 e. The molecule has 146 valence electrons. The molecule has 0 N–H and O–H groups in total. The van der Waals surface area contributed by atoms with E-state index in [9.17, 15) is 9.59 Å². The summed E-state index contributed by atoms with van der Waals surface area (Å²) in [7, 11) is -0.548. The molecule has 2 aliphatic rings. The second kappa shape index (κ2) is 7.05. The van der Waals surface area contributed by atoms with Crippen LogP contribution in [0.4, 0.5) is 0 Å². The predicted molar refractivity (Wildman–Crippen MR) is 112 cm³/mol. The van der Waals surface area contributed by atoms with Gasteiger partial charge < -0.3 is 4.74 Å². The van der Waals surface area contributed by atoms with Gasteiger partial charge in [0.25, 0.3) is 0 Å². The second-order valence-corrected chi connectivity index (χ2v) is 14.4. The maximum atomic E-state index is 13.8. The van der Waals surface area contributed by atoms with Gasteiger partial charge in [0.1, 0.15) is 0 Å². The molecule has 0 saturated heterocycles. The number of carbonyl (C=O) groups is 2. The molecule has 0 aromatic heterocycles. The first-order valence-corrected chi connectivity index (χ1v) is 13.7. The van der Waals surface area contributed by atoms with Gasteiger partial charge in [0, 0.05) is 11.0 Å². The number of allylic oxidation sites excluding steroid dienone is 2. The van der Waals surface area contributed by atoms with Crippen LogP contribution in [0, 0.1) is 11.3 Å². The summed E-state index contributed by atoms with van der Waals surface area (Å²) in [5, 5.41) is -0.551. The zero-order valence-corrected chi connectivity index (χ0v) is 18.3. The van der Waals surface area contributed by atoms with Crippen molar-refractivity contribution in [1.82, 2.24) is 0 Å². The Hall–Kier alpha value is -1.68. The molecule has 2 aliphatic carbocycles. The van der Waals surface area contributed by atoms with Crippen LogP contribution in [0.3, 0.4) is 0 Å². The highest BCUT2D eigenvalue weighted by Crippen LogP contribution is 2.86. The summed E-state index contributed by atoms with van der Waals surface area (Å²) in [4.78, 5) is 26.5. The fourth-order valence-corrected chi connectivity index (χ4v) is 9.42. The van der Waals surface area contributed by atoms with Gasteiger partial charge in [0.15, 0.2) is 5.78 Å². The molecule has 3 nitrogen and oxygen atoms in total. The second-order valence-electron chi connectivity index (χ2n) is 9.12. The average molecular weight is 385 g/mol. The molecule has 1 aromatic carbocycles. The first-order valence-electron chi connectivity index (χ1n) is 10.2. The lowest BCUT2D eigenvalue weighted by atomic mass is 9.93. The van der Waals surface area contributed by atoms with Crippen LogP contribution in [-0.4, -0.2) is 26.9 Å². The minimum atomic E-state index is -2.00. The highest BCUT2D eigenvalue weighted by atomic mass is 28.3. The molecule has 1 aromatic rings. The molecule has 0 aliphatic heterocycles. The monoisotopic (exact) mass is 384 g/mol. The quantitative estimate of drug-likeness (QED) is 0.338. The van der Waals surface area contributed by atoms with E-state index in [4.69, 9.17) is 4.74 Å². The van der Waals surface area contributed by atoms with E-state index in [2.05, 4.69) is 32.6 Å². The van der Waals surface area contributed by atoms with Gasteiger partial charge in [0.2, 0.25) is 0 Å². The lowest BCUT2D eigenvalue weighted by Crippen LogP contribution is -2.39. The van der Waals surface area contributed by atoms with Crippen molar-refractivity contribution in [2.24, 2.45) is 11.3 Å². The zero-order chi connectivity index (χ0) is 19.9. The minimum absolute atomic E-state index is 0.179. The van der Waals surface area contributed by atoms with Crippen molar-refractivity contribution >= 4 is 25.4 Å². The Bertz CT molecular complexity index is 762. The third kappa shape index (κ3) is 2.75. The van der Waals surface area contributed by atoms with Crippen LogP contribution in [0.1, 0.15) is 44.6 Å². The maximum absolute atomic E-state index is 13.8. The number of hydrogen-bond donors (Lipinski definition) is 0. The van der Waals surface area contributed by atoms with E-state index in [0.717, 1.165) is 30.4 Å². The fraction of sp³-hybridized carbons (Fsp3) is 0.565. The number of ether oxygens (including phenoxy) is 1. The molecule has 3 atom stereocenters. The molecule has 4 heteroatoms. The Kier molecular flexibility index (Phi) is 5.24. The van der Waals surface area contributed by atoms with Crippen LogP contribution in [0.2, 0.25) is 24.7 Å². The Labute approximate surface area is 164 Å². The number of fused-ring (bicyclic) bond motifs is 1. The lowest BCUT2D eigenvalue weighted by Gasteiger charge is -2.30. The summed E-state index contributed by atoms with van der Waals surface area (Å²) < 4.78 is 5.17. The highest BCUT2D eigenvalue weighted by Gasteiger charge is 2.87. The Morgan fingerprint density at radius 2 is 1.78 bits per heavy atom. The van der Waals surface area contributed by atoms with Crippen LogP contribution in [-0.2, 0) is 14.3 Å². The molecule has 27 heavy (non-hydrogen) atoms. The summed E-state index contributed by atoms with van der Waals surface area (Å²) in [5.41, 5.74) is 1.44. The third-order valence-corrected chi connectivity index (χ3v) is 10.1. The van der Waals surface area contributed by atoms with Gasteiger partial charge >= 0.3 is 5.97 Å². The van der Waals surface area contributed by atoms with Gasteiger partial charge in [-0.15, -0.1) is 0 Å². The number of methoxy groups -OCH3 is 1. The van der Waals surface area contributed by atoms with Crippen LogP contribution < -0.4 is 0 Å². The van der Waals surface area contributed by atoms with Crippen LogP contribution in [0.5, 0.6) is 0 Å². The smallest absolute Gasteiger partial charge is 0.310 e. The van der Waals surface area contributed by atoms with Crippen molar-refractivity contribution in [2.45, 2.75) is 63.7 Å². The molecule has 0 unspecified atom stereocenters. The first-order chi connectivity index (χ1) is 12.8. The molecular weight excluding hydrogens is 352 g/mol. The standard InChI is InChI=1S/C23H32O3Si/c1-6-7-8-12-15-22-16-18(17-13-10-9-11-14-17)20(24)23(22,27(3,4)5)19(22)21(25)26-2/h9-11,13-14,16,19H,6-8,12,15H2,1-5H3/t19-,22-,23+/m1/s1. The molecule has 0 heterocycles. The fourth-order valence-electron chi connectivity index (χ4n) is 5.70. The van der Waals surface area contributed by atoms with E-state index in [1.165, 1.54) is 20.0 Å². The third-order valence-electron chi connectivity index (χ3n) is 6.75. The van der Waals surface area contributed by atoms with Crippen LogP contribution in [0.25, 0.3) is 5.57 Å². The Morgan fingerprint density at radius 1 is 1.11 bits per heavy atom. The van der Waals surface area contributed by atoms with Crippen molar-refractivity contribution < 1.29 is 14.3 Å². The van der Waals surface area contributed by atoms with E-state index in [-0.39, 0.29) is 23.1 Å². The van der Waals surface area contributed by atoms with Gasteiger partial charge in [-0.25, -0.2) is 0 Å². The van der Waals surface area contributed by atoms with Crippen molar-refractivity contribution in [3.63, 3.8) is 0 Å². The number of esters is 1. The van der Waals surface area contributed by atoms with Crippen molar-refractivity contribution in [3.8, 4) is 0 Å². The molecule has 0 amide bonds. The summed E-state index contributed by atoms with van der Waals surface area (Å²) in [5.74, 6) is -0.327. The Balaban J connectivity index is 2.08. The van der Waals surface area contributed by atoms with Crippen molar-refractivity contribution in [1.29, 1.82) is 0 Å².